The summed E-state index contributed by atoms with van der Waals surface area (Å²) in [5.74, 6) is 1.62. The molecule has 1 saturated heterocycles. The highest BCUT2D eigenvalue weighted by Gasteiger charge is 2.36. The van der Waals surface area contributed by atoms with Crippen molar-refractivity contribution in [2.75, 3.05) is 32.1 Å². The van der Waals surface area contributed by atoms with E-state index in [1.54, 1.807) is 4.57 Å². The predicted octanol–water partition coefficient (Wildman–Crippen LogP) is 3.09. The van der Waals surface area contributed by atoms with Gasteiger partial charge in [0.15, 0.2) is 0 Å². The first kappa shape index (κ1) is 20.5. The number of nitrogens with one attached hydrogen (secondary N) is 1. The number of benzene rings is 2. The number of anilines is 1. The highest BCUT2D eigenvalue weighted by molar-refractivity contribution is 5.81. The highest BCUT2D eigenvalue weighted by atomic mass is 16.2. The Hall–Kier alpha value is -3.35. The van der Waals surface area contributed by atoms with E-state index in [9.17, 15) is 9.59 Å². The van der Waals surface area contributed by atoms with Crippen molar-refractivity contribution >= 4 is 11.6 Å². The summed E-state index contributed by atoms with van der Waals surface area (Å²) in [5.41, 5.74) is 3.95. The molecule has 0 bridgehead atoms. The molecule has 0 spiro atoms. The molecule has 0 radical (unpaired) electrons. The molecule has 2 aliphatic rings. The van der Waals surface area contributed by atoms with Gasteiger partial charge in [-0.2, -0.15) is 5.10 Å². The van der Waals surface area contributed by atoms with Crippen LogP contribution in [-0.4, -0.2) is 52.8 Å². The van der Waals surface area contributed by atoms with Crippen molar-refractivity contribution in [3.05, 3.63) is 64.8 Å². The van der Waals surface area contributed by atoms with Gasteiger partial charge in [0.2, 0.25) is 5.91 Å². The summed E-state index contributed by atoms with van der Waals surface area (Å²) < 4.78 is 1.66. The predicted molar refractivity (Wildman–Crippen MR) is 125 cm³/mol. The zero-order chi connectivity index (χ0) is 22.2. The van der Waals surface area contributed by atoms with Gasteiger partial charge >= 0.3 is 5.69 Å². The normalized spacial score (nSPS) is 18.2. The fraction of sp³-hybridized carbons (Fsp3) is 0.400. The van der Waals surface area contributed by atoms with Gasteiger partial charge in [0.05, 0.1) is 5.69 Å². The van der Waals surface area contributed by atoms with Crippen LogP contribution in [0.2, 0.25) is 0 Å². The average Bonchev–Trinajstić information content (AvgIpc) is 3.45. The lowest BCUT2D eigenvalue weighted by atomic mass is 10.0. The SMILES string of the molecule is CN(C)c1cccc(-c2ccc(-n3c(C[C@@H]4CCN(C(=O)C5CC5)C4)n[nH]c3=O)cc2)c1. The third-order valence-corrected chi connectivity index (χ3v) is 6.56. The maximum absolute atomic E-state index is 12.5. The van der Waals surface area contributed by atoms with Crippen molar-refractivity contribution in [2.24, 2.45) is 11.8 Å². The molecule has 1 saturated carbocycles. The van der Waals surface area contributed by atoms with Gasteiger partial charge in [0, 0.05) is 45.2 Å². The minimum absolute atomic E-state index is 0.230. The number of aromatic nitrogens is 3. The Labute approximate surface area is 187 Å². The van der Waals surface area contributed by atoms with E-state index >= 15 is 0 Å². The van der Waals surface area contributed by atoms with Gasteiger partial charge in [-0.25, -0.2) is 14.5 Å². The molecular formula is C25H29N5O2. The maximum Gasteiger partial charge on any atom is 0.347 e. The van der Waals surface area contributed by atoms with Crippen LogP contribution >= 0.6 is 0 Å². The Morgan fingerprint density at radius 2 is 1.88 bits per heavy atom. The van der Waals surface area contributed by atoms with Gasteiger partial charge in [0.25, 0.3) is 0 Å². The van der Waals surface area contributed by atoms with Crippen LogP contribution in [0.5, 0.6) is 0 Å². The summed E-state index contributed by atoms with van der Waals surface area (Å²) in [6, 6.07) is 16.4. The third-order valence-electron chi connectivity index (χ3n) is 6.56. The number of aromatic amines is 1. The number of hydrogen-bond donors (Lipinski definition) is 1. The molecule has 7 nitrogen and oxygen atoms in total. The van der Waals surface area contributed by atoms with E-state index in [1.807, 2.05) is 43.3 Å². The Kier molecular flexibility index (Phi) is 5.33. The van der Waals surface area contributed by atoms with E-state index < -0.39 is 0 Å². The smallest absolute Gasteiger partial charge is 0.347 e. The number of likely N-dealkylation sites (tertiary alicyclic amines) is 1. The van der Waals surface area contributed by atoms with Crippen LogP contribution in [0.25, 0.3) is 16.8 Å². The van der Waals surface area contributed by atoms with Crippen LogP contribution < -0.4 is 10.6 Å². The first-order valence-electron chi connectivity index (χ1n) is 11.3. The van der Waals surface area contributed by atoms with Crippen LogP contribution in [0, 0.1) is 11.8 Å². The van der Waals surface area contributed by atoms with Crippen molar-refractivity contribution in [1.29, 1.82) is 0 Å². The monoisotopic (exact) mass is 431 g/mol. The van der Waals surface area contributed by atoms with Crippen LogP contribution in [0.15, 0.2) is 53.3 Å². The molecule has 0 unspecified atom stereocenters. The lowest BCUT2D eigenvalue weighted by molar-refractivity contribution is -0.131. The van der Waals surface area contributed by atoms with Gasteiger partial charge < -0.3 is 9.80 Å². The van der Waals surface area contributed by atoms with Crippen LogP contribution in [0.3, 0.4) is 0 Å². The van der Waals surface area contributed by atoms with E-state index in [2.05, 4.69) is 39.4 Å². The lowest BCUT2D eigenvalue weighted by Gasteiger charge is -2.16. The molecule has 1 amide bonds. The maximum atomic E-state index is 12.5. The summed E-state index contributed by atoms with van der Waals surface area (Å²) >= 11 is 0. The number of H-pyrrole nitrogens is 1. The van der Waals surface area contributed by atoms with E-state index in [4.69, 9.17) is 0 Å². The fourth-order valence-electron chi connectivity index (χ4n) is 4.55. The molecule has 3 aromatic rings. The van der Waals surface area contributed by atoms with E-state index in [0.717, 1.165) is 60.7 Å². The van der Waals surface area contributed by atoms with Gasteiger partial charge in [0.1, 0.15) is 5.82 Å². The van der Waals surface area contributed by atoms with Crippen molar-refractivity contribution in [3.8, 4) is 16.8 Å². The fourth-order valence-corrected chi connectivity index (χ4v) is 4.55. The first-order chi connectivity index (χ1) is 15.5. The summed E-state index contributed by atoms with van der Waals surface area (Å²) in [6.07, 6.45) is 3.71. The quantitative estimate of drug-likeness (QED) is 0.651. The van der Waals surface area contributed by atoms with Crippen LogP contribution in [0.4, 0.5) is 5.69 Å². The molecule has 1 N–H and O–H groups in total. The number of carbonyl (C=O) groups excluding carboxylic acids is 1. The topological polar surface area (TPSA) is 74.2 Å². The van der Waals surface area contributed by atoms with E-state index in [-0.39, 0.29) is 11.6 Å². The molecular weight excluding hydrogens is 402 g/mol. The van der Waals surface area contributed by atoms with Gasteiger partial charge in [-0.3, -0.25) is 4.79 Å². The largest absolute Gasteiger partial charge is 0.378 e. The second-order valence-electron chi connectivity index (χ2n) is 9.19. The van der Waals surface area contributed by atoms with E-state index in [0.29, 0.717) is 18.2 Å². The summed E-state index contributed by atoms with van der Waals surface area (Å²) in [4.78, 5) is 29.0. The zero-order valence-corrected chi connectivity index (χ0v) is 18.6. The molecule has 7 heteroatoms. The molecule has 166 valence electrons. The summed E-state index contributed by atoms with van der Waals surface area (Å²) in [6.45, 7) is 1.58. The van der Waals surface area contributed by atoms with Crippen molar-refractivity contribution in [2.45, 2.75) is 25.7 Å². The van der Waals surface area contributed by atoms with Crippen LogP contribution in [0.1, 0.15) is 25.1 Å². The molecule has 5 rings (SSSR count). The Morgan fingerprint density at radius 1 is 1.09 bits per heavy atom. The molecule has 32 heavy (non-hydrogen) atoms. The Balaban J connectivity index is 1.33. The standard InChI is InChI=1S/C25H29N5O2/c1-28(2)22-5-3-4-20(15-22)18-8-10-21(11-9-18)30-23(26-27-25(30)32)14-17-12-13-29(16-17)24(31)19-6-7-19/h3-5,8-11,15,17,19H,6-7,12-14,16H2,1-2H3,(H,27,32)/t17-/m0/s1. The molecule has 1 aromatic heterocycles. The third kappa shape index (κ3) is 4.07. The van der Waals surface area contributed by atoms with Gasteiger partial charge in [-0.05, 0) is 60.6 Å². The Morgan fingerprint density at radius 3 is 2.59 bits per heavy atom. The number of hydrogen-bond acceptors (Lipinski definition) is 4. The van der Waals surface area contributed by atoms with Crippen molar-refractivity contribution in [3.63, 3.8) is 0 Å². The number of amides is 1. The summed E-state index contributed by atoms with van der Waals surface area (Å²) in [5, 5.41) is 6.91. The number of rotatable bonds is 6. The molecule has 1 aliphatic heterocycles. The zero-order valence-electron chi connectivity index (χ0n) is 18.6. The molecule has 1 aliphatic carbocycles. The molecule has 2 fully saturated rings. The van der Waals surface area contributed by atoms with Crippen molar-refractivity contribution < 1.29 is 4.79 Å². The molecule has 1 atom stereocenters. The first-order valence-corrected chi connectivity index (χ1v) is 11.3. The van der Waals surface area contributed by atoms with Gasteiger partial charge in [-0.15, -0.1) is 0 Å². The highest BCUT2D eigenvalue weighted by Crippen LogP contribution is 2.33. The molecule has 2 aromatic carbocycles. The van der Waals surface area contributed by atoms with Gasteiger partial charge in [-0.1, -0.05) is 24.3 Å². The second-order valence-corrected chi connectivity index (χ2v) is 9.19. The average molecular weight is 432 g/mol. The number of nitrogens with zero attached hydrogens (tertiary/aromatic N) is 4. The Bertz CT molecular complexity index is 1170. The lowest BCUT2D eigenvalue weighted by Crippen LogP contribution is -2.30. The molecule has 2 heterocycles. The minimum Gasteiger partial charge on any atom is -0.378 e. The second kappa shape index (κ2) is 8.30. The van der Waals surface area contributed by atoms with Crippen LogP contribution in [-0.2, 0) is 11.2 Å². The minimum atomic E-state index is -0.230. The summed E-state index contributed by atoms with van der Waals surface area (Å²) in [7, 11) is 4.06. The van der Waals surface area contributed by atoms with Crippen molar-refractivity contribution in [1.82, 2.24) is 19.7 Å². The number of carbonyl (C=O) groups is 1. The van der Waals surface area contributed by atoms with E-state index in [1.165, 1.54) is 0 Å².